The fraction of sp³-hybridized carbons (Fsp3) is 0.318. The smallest absolute Gasteiger partial charge is 0.328 e. The molecule has 0 radical (unpaired) electrons. The van der Waals surface area contributed by atoms with Crippen molar-refractivity contribution in [3.8, 4) is 0 Å². The molecule has 0 aliphatic carbocycles. The number of ether oxygens (including phenoxy) is 1. The van der Waals surface area contributed by atoms with Crippen LogP contribution in [-0.4, -0.2) is 37.5 Å². The van der Waals surface area contributed by atoms with Crippen molar-refractivity contribution in [2.24, 2.45) is 0 Å². The number of hydrogen-bond donors (Lipinski definition) is 2. The van der Waals surface area contributed by atoms with E-state index in [1.54, 1.807) is 0 Å². The van der Waals surface area contributed by atoms with Crippen LogP contribution >= 0.6 is 0 Å². The maximum atomic E-state index is 12.2. The Morgan fingerprint density at radius 1 is 0.857 bits per heavy atom. The Labute approximate surface area is 165 Å². The summed E-state index contributed by atoms with van der Waals surface area (Å²) >= 11 is 0. The summed E-state index contributed by atoms with van der Waals surface area (Å²) in [5, 5.41) is 5.46. The topological polar surface area (TPSA) is 84.5 Å². The molecule has 0 aliphatic heterocycles. The van der Waals surface area contributed by atoms with Crippen molar-refractivity contribution in [3.05, 3.63) is 71.8 Å². The molecule has 6 heteroatoms. The van der Waals surface area contributed by atoms with Crippen LogP contribution in [0.1, 0.15) is 24.0 Å². The summed E-state index contributed by atoms with van der Waals surface area (Å²) in [6.45, 7) is 0.517. The minimum Gasteiger partial charge on any atom is -0.467 e. The Morgan fingerprint density at radius 2 is 1.43 bits per heavy atom. The number of amides is 2. The summed E-state index contributed by atoms with van der Waals surface area (Å²) in [6, 6.07) is 18.4. The number of methoxy groups -OCH3 is 1. The lowest BCUT2D eigenvalue weighted by Crippen LogP contribution is -2.43. The highest BCUT2D eigenvalue weighted by Gasteiger charge is 2.22. The van der Waals surface area contributed by atoms with E-state index < -0.39 is 12.0 Å². The molecule has 0 saturated carbocycles. The van der Waals surface area contributed by atoms with Gasteiger partial charge in [0.15, 0.2) is 0 Å². The Morgan fingerprint density at radius 3 is 2.04 bits per heavy atom. The maximum absolute atomic E-state index is 12.2. The van der Waals surface area contributed by atoms with Crippen LogP contribution in [0.3, 0.4) is 0 Å². The van der Waals surface area contributed by atoms with E-state index in [0.29, 0.717) is 13.0 Å². The van der Waals surface area contributed by atoms with Crippen LogP contribution < -0.4 is 10.6 Å². The van der Waals surface area contributed by atoms with Crippen molar-refractivity contribution in [1.29, 1.82) is 0 Å². The van der Waals surface area contributed by atoms with Crippen molar-refractivity contribution in [3.63, 3.8) is 0 Å². The van der Waals surface area contributed by atoms with Crippen molar-refractivity contribution < 1.29 is 19.1 Å². The van der Waals surface area contributed by atoms with Crippen LogP contribution in [-0.2, 0) is 32.0 Å². The number of rotatable bonds is 10. The summed E-state index contributed by atoms with van der Waals surface area (Å²) in [5.74, 6) is -1.06. The van der Waals surface area contributed by atoms with E-state index in [0.717, 1.165) is 17.5 Å². The van der Waals surface area contributed by atoms with Crippen molar-refractivity contribution in [2.45, 2.75) is 31.7 Å². The number of hydrogen-bond acceptors (Lipinski definition) is 4. The quantitative estimate of drug-likeness (QED) is 0.616. The van der Waals surface area contributed by atoms with E-state index in [-0.39, 0.29) is 24.7 Å². The van der Waals surface area contributed by atoms with Crippen LogP contribution in [0.15, 0.2) is 60.7 Å². The van der Waals surface area contributed by atoms with Gasteiger partial charge in [-0.05, 0) is 17.5 Å². The van der Waals surface area contributed by atoms with Crippen LogP contribution in [0.2, 0.25) is 0 Å². The van der Waals surface area contributed by atoms with Gasteiger partial charge in [0.05, 0.1) is 7.11 Å². The number of carbonyl (C=O) groups excluding carboxylic acids is 3. The summed E-state index contributed by atoms with van der Waals surface area (Å²) < 4.78 is 4.77. The first-order valence-corrected chi connectivity index (χ1v) is 9.30. The van der Waals surface area contributed by atoms with Gasteiger partial charge in [-0.3, -0.25) is 9.59 Å². The van der Waals surface area contributed by atoms with E-state index in [1.165, 1.54) is 7.11 Å². The van der Waals surface area contributed by atoms with Crippen molar-refractivity contribution in [1.82, 2.24) is 10.6 Å². The minimum atomic E-state index is -0.777. The first-order chi connectivity index (χ1) is 13.6. The van der Waals surface area contributed by atoms with E-state index >= 15 is 0 Å². The molecule has 0 heterocycles. The standard InChI is InChI=1S/C22H26N2O4/c1-28-22(27)19(16-18-10-6-3-7-11-18)24-21(26)13-12-20(25)23-15-14-17-8-4-2-5-9-17/h2-11,19H,12-16H2,1H3,(H,23,25)(H,24,26)/t19-/m1/s1. The van der Waals surface area contributed by atoms with Crippen LogP contribution in [0.25, 0.3) is 0 Å². The van der Waals surface area contributed by atoms with E-state index in [4.69, 9.17) is 4.74 Å². The number of esters is 1. The largest absolute Gasteiger partial charge is 0.467 e. The third-order valence-corrected chi connectivity index (χ3v) is 4.26. The Balaban J connectivity index is 1.73. The second kappa shape index (κ2) is 11.5. The average molecular weight is 382 g/mol. The molecule has 2 N–H and O–H groups in total. The molecule has 0 saturated heterocycles. The Hall–Kier alpha value is -3.15. The molecule has 148 valence electrons. The lowest BCUT2D eigenvalue weighted by Gasteiger charge is -2.16. The van der Waals surface area contributed by atoms with Crippen molar-refractivity contribution >= 4 is 17.8 Å². The zero-order valence-corrected chi connectivity index (χ0v) is 16.0. The summed E-state index contributed by atoms with van der Waals surface area (Å²) in [4.78, 5) is 36.0. The van der Waals surface area contributed by atoms with Gasteiger partial charge >= 0.3 is 5.97 Å². The third-order valence-electron chi connectivity index (χ3n) is 4.26. The normalized spacial score (nSPS) is 11.3. The second-order valence-corrected chi connectivity index (χ2v) is 6.42. The SMILES string of the molecule is COC(=O)[C@@H](Cc1ccccc1)NC(=O)CCC(=O)NCCc1ccccc1. The molecule has 2 aromatic carbocycles. The molecule has 1 atom stereocenters. The molecule has 6 nitrogen and oxygen atoms in total. The molecular formula is C22H26N2O4. The Bertz CT molecular complexity index is 763. The highest BCUT2D eigenvalue weighted by atomic mass is 16.5. The zero-order chi connectivity index (χ0) is 20.2. The second-order valence-electron chi connectivity index (χ2n) is 6.42. The number of carbonyl (C=O) groups is 3. The van der Waals surface area contributed by atoms with Gasteiger partial charge in [0.2, 0.25) is 11.8 Å². The fourth-order valence-electron chi connectivity index (χ4n) is 2.76. The molecule has 0 spiro atoms. The summed E-state index contributed by atoms with van der Waals surface area (Å²) in [7, 11) is 1.28. The summed E-state index contributed by atoms with van der Waals surface area (Å²) in [6.07, 6.45) is 1.15. The van der Waals surface area contributed by atoms with E-state index in [2.05, 4.69) is 10.6 Å². The molecule has 2 amide bonds. The predicted octanol–water partition coefficient (Wildman–Crippen LogP) is 2.03. The van der Waals surface area contributed by atoms with Gasteiger partial charge in [-0.15, -0.1) is 0 Å². The average Bonchev–Trinajstić information content (AvgIpc) is 2.72. The van der Waals surface area contributed by atoms with Crippen LogP contribution in [0.4, 0.5) is 0 Å². The molecule has 0 unspecified atom stereocenters. The van der Waals surface area contributed by atoms with E-state index in [1.807, 2.05) is 60.7 Å². The molecule has 0 aliphatic rings. The fourth-order valence-corrected chi connectivity index (χ4v) is 2.76. The van der Waals surface area contributed by atoms with Gasteiger partial charge in [0, 0.05) is 25.8 Å². The number of benzene rings is 2. The van der Waals surface area contributed by atoms with Gasteiger partial charge in [-0.2, -0.15) is 0 Å². The van der Waals surface area contributed by atoms with Gasteiger partial charge in [0.25, 0.3) is 0 Å². The maximum Gasteiger partial charge on any atom is 0.328 e. The monoisotopic (exact) mass is 382 g/mol. The highest BCUT2D eigenvalue weighted by Crippen LogP contribution is 2.05. The van der Waals surface area contributed by atoms with Crippen LogP contribution in [0, 0.1) is 0 Å². The molecule has 28 heavy (non-hydrogen) atoms. The van der Waals surface area contributed by atoms with Crippen LogP contribution in [0.5, 0.6) is 0 Å². The molecule has 0 aromatic heterocycles. The van der Waals surface area contributed by atoms with Gasteiger partial charge < -0.3 is 15.4 Å². The van der Waals surface area contributed by atoms with Crippen molar-refractivity contribution in [2.75, 3.05) is 13.7 Å². The lowest BCUT2D eigenvalue weighted by molar-refractivity contribution is -0.145. The zero-order valence-electron chi connectivity index (χ0n) is 16.0. The molecule has 0 fully saturated rings. The summed E-state index contributed by atoms with van der Waals surface area (Å²) in [5.41, 5.74) is 2.05. The minimum absolute atomic E-state index is 0.0133. The lowest BCUT2D eigenvalue weighted by atomic mass is 10.1. The third kappa shape index (κ3) is 7.61. The van der Waals surface area contributed by atoms with Gasteiger partial charge in [0.1, 0.15) is 6.04 Å². The first kappa shape index (κ1) is 21.2. The predicted molar refractivity (Wildman–Crippen MR) is 106 cm³/mol. The number of nitrogens with one attached hydrogen (secondary N) is 2. The van der Waals surface area contributed by atoms with Gasteiger partial charge in [-0.1, -0.05) is 60.7 Å². The first-order valence-electron chi connectivity index (χ1n) is 9.30. The van der Waals surface area contributed by atoms with E-state index in [9.17, 15) is 14.4 Å². The molecule has 2 rings (SSSR count). The Kier molecular flexibility index (Phi) is 8.72. The highest BCUT2D eigenvalue weighted by molar-refractivity contribution is 5.87. The molecule has 2 aromatic rings. The van der Waals surface area contributed by atoms with Gasteiger partial charge in [-0.25, -0.2) is 4.79 Å². The molecule has 0 bridgehead atoms. The molecular weight excluding hydrogens is 356 g/mol.